The average molecular weight is 217 g/mol. The fourth-order valence-corrected chi connectivity index (χ4v) is 1.20. The molecule has 0 bridgehead atoms. The van der Waals surface area contributed by atoms with Gasteiger partial charge in [-0.3, -0.25) is 0 Å². The Bertz CT molecular complexity index is 362. The molecule has 0 amide bonds. The lowest BCUT2D eigenvalue weighted by atomic mass is 10.2. The van der Waals surface area contributed by atoms with E-state index in [9.17, 15) is 9.90 Å². The Morgan fingerprint density at radius 1 is 1.57 bits per heavy atom. The van der Waals surface area contributed by atoms with Crippen LogP contribution in [0.1, 0.15) is 17.3 Å². The molecule has 0 aliphatic carbocycles. The van der Waals surface area contributed by atoms with Gasteiger partial charge in [0.05, 0.1) is 11.6 Å². The minimum Gasteiger partial charge on any atom is -0.505 e. The van der Waals surface area contributed by atoms with Crippen LogP contribution in [-0.2, 0) is 0 Å². The van der Waals surface area contributed by atoms with Gasteiger partial charge in [0.2, 0.25) is 0 Å². The maximum atomic E-state index is 10.7. The number of halogens is 1. The molecule has 0 atom stereocenters. The van der Waals surface area contributed by atoms with E-state index in [4.69, 9.17) is 21.4 Å². The molecule has 0 saturated carbocycles. The summed E-state index contributed by atoms with van der Waals surface area (Å²) in [5.74, 6) is -1.36. The molecule has 76 valence electrons. The molecule has 0 spiro atoms. The van der Waals surface area contributed by atoms with Crippen LogP contribution in [0.3, 0.4) is 0 Å². The zero-order valence-corrected chi connectivity index (χ0v) is 8.21. The van der Waals surface area contributed by atoms with Gasteiger partial charge in [-0.1, -0.05) is 11.6 Å². The first kappa shape index (κ1) is 10.7. The van der Waals surface area contributed by atoms with Gasteiger partial charge in [-0.2, -0.15) is 0 Å². The zero-order chi connectivity index (χ0) is 10.7. The Kier molecular flexibility index (Phi) is 3.19. The Labute approximate surface area is 85.7 Å². The summed E-state index contributed by atoms with van der Waals surface area (Å²) < 4.78 is 5.07. The van der Waals surface area contributed by atoms with Crippen LogP contribution >= 0.6 is 11.6 Å². The first-order chi connectivity index (χ1) is 6.56. The van der Waals surface area contributed by atoms with E-state index in [1.807, 2.05) is 0 Å². The molecule has 5 heteroatoms. The van der Waals surface area contributed by atoms with Crippen LogP contribution in [0.2, 0.25) is 5.02 Å². The van der Waals surface area contributed by atoms with Gasteiger partial charge in [0, 0.05) is 6.07 Å². The molecule has 14 heavy (non-hydrogen) atoms. The standard InChI is InChI=1S/C9H9ClO4/c1-2-14-5-3-6(9(12)13)8(11)7(10)4-5/h3-4,11H,2H2,1H3,(H,12,13). The van der Waals surface area contributed by atoms with Gasteiger partial charge in [-0.05, 0) is 13.0 Å². The smallest absolute Gasteiger partial charge is 0.339 e. The summed E-state index contributed by atoms with van der Waals surface area (Å²) in [5.41, 5.74) is -0.263. The highest BCUT2D eigenvalue weighted by atomic mass is 35.5. The Morgan fingerprint density at radius 2 is 2.21 bits per heavy atom. The van der Waals surface area contributed by atoms with E-state index < -0.39 is 11.7 Å². The molecule has 0 radical (unpaired) electrons. The maximum absolute atomic E-state index is 10.7. The van der Waals surface area contributed by atoms with E-state index in [0.717, 1.165) is 0 Å². The number of carboxylic acid groups (broad SMARTS) is 1. The average Bonchev–Trinajstić information content (AvgIpc) is 2.11. The van der Waals surface area contributed by atoms with E-state index in [2.05, 4.69) is 0 Å². The summed E-state index contributed by atoms with van der Waals surface area (Å²) in [4.78, 5) is 10.7. The highest BCUT2D eigenvalue weighted by Crippen LogP contribution is 2.32. The van der Waals surface area contributed by atoms with Gasteiger partial charge in [0.25, 0.3) is 0 Å². The second-order valence-corrected chi connectivity index (χ2v) is 2.95. The normalized spacial score (nSPS) is 9.86. The van der Waals surface area contributed by atoms with E-state index in [-0.39, 0.29) is 10.6 Å². The number of carbonyl (C=O) groups is 1. The number of rotatable bonds is 3. The van der Waals surface area contributed by atoms with E-state index in [0.29, 0.717) is 12.4 Å². The van der Waals surface area contributed by atoms with Crippen LogP contribution in [0.15, 0.2) is 12.1 Å². The summed E-state index contributed by atoms with van der Waals surface area (Å²) in [6.45, 7) is 2.17. The molecular weight excluding hydrogens is 208 g/mol. The van der Waals surface area contributed by atoms with Crippen LogP contribution in [0.25, 0.3) is 0 Å². The molecule has 1 aromatic rings. The van der Waals surface area contributed by atoms with Crippen LogP contribution < -0.4 is 4.74 Å². The summed E-state index contributed by atoms with van der Waals surface area (Å²) in [5, 5.41) is 18.0. The molecule has 0 unspecified atom stereocenters. The number of hydrogen-bond acceptors (Lipinski definition) is 3. The van der Waals surface area contributed by atoms with Crippen molar-refractivity contribution in [3.8, 4) is 11.5 Å². The lowest BCUT2D eigenvalue weighted by Gasteiger charge is -2.07. The molecule has 0 aromatic heterocycles. The first-order valence-corrected chi connectivity index (χ1v) is 4.32. The summed E-state index contributed by atoms with van der Waals surface area (Å²) in [6.07, 6.45) is 0. The highest BCUT2D eigenvalue weighted by molar-refractivity contribution is 6.32. The predicted molar refractivity (Wildman–Crippen MR) is 51.2 cm³/mol. The molecular formula is C9H9ClO4. The lowest BCUT2D eigenvalue weighted by molar-refractivity contribution is 0.0693. The van der Waals surface area contributed by atoms with Crippen molar-refractivity contribution in [2.75, 3.05) is 6.61 Å². The van der Waals surface area contributed by atoms with Crippen molar-refractivity contribution < 1.29 is 19.7 Å². The number of hydrogen-bond donors (Lipinski definition) is 2. The molecule has 2 N–H and O–H groups in total. The summed E-state index contributed by atoms with van der Waals surface area (Å²) >= 11 is 5.61. The monoisotopic (exact) mass is 216 g/mol. The largest absolute Gasteiger partial charge is 0.505 e. The number of aromatic carboxylic acids is 1. The number of carboxylic acids is 1. The van der Waals surface area contributed by atoms with Crippen molar-refractivity contribution in [2.45, 2.75) is 6.92 Å². The van der Waals surface area contributed by atoms with Gasteiger partial charge in [-0.15, -0.1) is 0 Å². The molecule has 4 nitrogen and oxygen atoms in total. The number of phenols is 1. The SMILES string of the molecule is CCOc1cc(Cl)c(O)c(C(=O)O)c1. The van der Waals surface area contributed by atoms with Crippen molar-refractivity contribution in [1.29, 1.82) is 0 Å². The minimum absolute atomic E-state index is 0.0339. The van der Waals surface area contributed by atoms with Crippen LogP contribution in [0.4, 0.5) is 0 Å². The summed E-state index contributed by atoms with van der Waals surface area (Å²) in [7, 11) is 0. The third-order valence-electron chi connectivity index (χ3n) is 1.58. The van der Waals surface area contributed by atoms with Crippen molar-refractivity contribution in [1.82, 2.24) is 0 Å². The molecule has 0 fully saturated rings. The molecule has 1 aromatic carbocycles. The molecule has 0 aliphatic heterocycles. The Morgan fingerprint density at radius 3 is 2.71 bits per heavy atom. The third kappa shape index (κ3) is 2.09. The fourth-order valence-electron chi connectivity index (χ4n) is 0.987. The van der Waals surface area contributed by atoms with Crippen molar-refractivity contribution in [3.05, 3.63) is 22.7 Å². The van der Waals surface area contributed by atoms with Gasteiger partial charge in [0.1, 0.15) is 17.1 Å². The highest BCUT2D eigenvalue weighted by Gasteiger charge is 2.14. The van der Waals surface area contributed by atoms with Crippen LogP contribution in [0, 0.1) is 0 Å². The Hall–Kier alpha value is -1.42. The molecule has 0 aliphatic rings. The van der Waals surface area contributed by atoms with Crippen LogP contribution in [-0.4, -0.2) is 22.8 Å². The maximum Gasteiger partial charge on any atom is 0.339 e. The second-order valence-electron chi connectivity index (χ2n) is 2.54. The van der Waals surface area contributed by atoms with E-state index >= 15 is 0 Å². The quantitative estimate of drug-likeness (QED) is 0.813. The zero-order valence-electron chi connectivity index (χ0n) is 7.45. The fraction of sp³-hybridized carbons (Fsp3) is 0.222. The third-order valence-corrected chi connectivity index (χ3v) is 1.87. The number of aromatic hydroxyl groups is 1. The first-order valence-electron chi connectivity index (χ1n) is 3.94. The van der Waals surface area contributed by atoms with Gasteiger partial charge in [-0.25, -0.2) is 4.79 Å². The predicted octanol–water partition coefficient (Wildman–Crippen LogP) is 2.14. The van der Waals surface area contributed by atoms with Crippen molar-refractivity contribution in [2.24, 2.45) is 0 Å². The topological polar surface area (TPSA) is 66.8 Å². The number of ether oxygens (including phenoxy) is 1. The van der Waals surface area contributed by atoms with E-state index in [1.165, 1.54) is 12.1 Å². The second kappa shape index (κ2) is 4.19. The molecule has 1 rings (SSSR count). The minimum atomic E-state index is -1.24. The van der Waals surface area contributed by atoms with Crippen molar-refractivity contribution >= 4 is 17.6 Å². The van der Waals surface area contributed by atoms with Crippen molar-refractivity contribution in [3.63, 3.8) is 0 Å². The van der Waals surface area contributed by atoms with Gasteiger partial charge in [0.15, 0.2) is 0 Å². The molecule has 0 heterocycles. The van der Waals surface area contributed by atoms with Gasteiger partial charge < -0.3 is 14.9 Å². The molecule has 0 saturated heterocycles. The summed E-state index contributed by atoms with van der Waals surface area (Å²) in [6, 6.07) is 2.60. The van der Waals surface area contributed by atoms with Gasteiger partial charge >= 0.3 is 5.97 Å². The lowest BCUT2D eigenvalue weighted by Crippen LogP contribution is -1.99. The number of benzene rings is 1. The Balaban J connectivity index is 3.21. The van der Waals surface area contributed by atoms with Crippen LogP contribution in [0.5, 0.6) is 11.5 Å². The van der Waals surface area contributed by atoms with E-state index in [1.54, 1.807) is 6.92 Å².